The molecule has 0 saturated carbocycles. The number of hydrogen-bond acceptors (Lipinski definition) is 3. The van der Waals surface area contributed by atoms with Crippen molar-refractivity contribution in [2.75, 3.05) is 12.3 Å². The van der Waals surface area contributed by atoms with Crippen LogP contribution in [0.1, 0.15) is 32.3 Å². The molecule has 0 heterocycles. The van der Waals surface area contributed by atoms with Crippen molar-refractivity contribution in [2.45, 2.75) is 44.2 Å². The Hall–Kier alpha value is -1.40. The van der Waals surface area contributed by atoms with Crippen LogP contribution >= 0.6 is 46.6 Å². The van der Waals surface area contributed by atoms with Crippen molar-refractivity contribution < 1.29 is 9.59 Å². The zero-order valence-corrected chi connectivity index (χ0v) is 20.0. The van der Waals surface area contributed by atoms with Gasteiger partial charge in [-0.15, -0.1) is 11.8 Å². The van der Waals surface area contributed by atoms with Crippen LogP contribution in [0.25, 0.3) is 0 Å². The minimum atomic E-state index is -0.598. The minimum absolute atomic E-state index is 0.0957. The molecule has 0 radical (unpaired) electrons. The van der Waals surface area contributed by atoms with E-state index in [0.717, 1.165) is 16.9 Å². The average molecular weight is 488 g/mol. The first-order chi connectivity index (χ1) is 14.3. The lowest BCUT2D eigenvalue weighted by Gasteiger charge is -2.29. The molecule has 162 valence electrons. The van der Waals surface area contributed by atoms with Crippen LogP contribution in [-0.4, -0.2) is 35.1 Å². The van der Waals surface area contributed by atoms with Gasteiger partial charge < -0.3 is 10.2 Å². The van der Waals surface area contributed by atoms with E-state index in [9.17, 15) is 9.59 Å². The Morgan fingerprint density at radius 2 is 1.77 bits per heavy atom. The van der Waals surface area contributed by atoms with Gasteiger partial charge in [-0.1, -0.05) is 47.8 Å². The van der Waals surface area contributed by atoms with Gasteiger partial charge in [0.2, 0.25) is 11.8 Å². The van der Waals surface area contributed by atoms with Gasteiger partial charge in [0.15, 0.2) is 0 Å². The molecule has 0 saturated heterocycles. The molecule has 0 fully saturated rings. The summed E-state index contributed by atoms with van der Waals surface area (Å²) in [6, 6.07) is 12.1. The monoisotopic (exact) mass is 486 g/mol. The second kappa shape index (κ2) is 12.5. The quantitative estimate of drug-likeness (QED) is 0.414. The molecule has 2 aromatic carbocycles. The highest BCUT2D eigenvalue weighted by molar-refractivity contribution is 7.99. The third-order valence-electron chi connectivity index (χ3n) is 4.45. The summed E-state index contributed by atoms with van der Waals surface area (Å²) in [6.07, 6.45) is 1.14. The summed E-state index contributed by atoms with van der Waals surface area (Å²) in [5.74, 6) is 0.332. The molecule has 2 rings (SSSR count). The van der Waals surface area contributed by atoms with E-state index >= 15 is 0 Å². The first kappa shape index (κ1) is 24.9. The van der Waals surface area contributed by atoms with E-state index in [1.807, 2.05) is 37.3 Å². The van der Waals surface area contributed by atoms with Gasteiger partial charge in [-0.3, -0.25) is 9.59 Å². The molecule has 4 nitrogen and oxygen atoms in total. The highest BCUT2D eigenvalue weighted by Gasteiger charge is 2.25. The Bertz CT molecular complexity index is 862. The third-order valence-corrected chi connectivity index (χ3v) is 6.46. The first-order valence-electron chi connectivity index (χ1n) is 9.71. The van der Waals surface area contributed by atoms with Crippen molar-refractivity contribution in [2.24, 2.45) is 0 Å². The molecule has 8 heteroatoms. The van der Waals surface area contributed by atoms with Crippen LogP contribution < -0.4 is 5.32 Å². The normalized spacial score (nSPS) is 11.8. The Morgan fingerprint density at radius 1 is 1.07 bits per heavy atom. The maximum Gasteiger partial charge on any atom is 0.242 e. The van der Waals surface area contributed by atoms with E-state index in [2.05, 4.69) is 5.32 Å². The Kier molecular flexibility index (Phi) is 10.3. The van der Waals surface area contributed by atoms with Crippen LogP contribution in [0.4, 0.5) is 0 Å². The summed E-state index contributed by atoms with van der Waals surface area (Å²) in [5, 5.41) is 4.41. The van der Waals surface area contributed by atoms with Crippen molar-refractivity contribution >= 4 is 58.4 Å². The van der Waals surface area contributed by atoms with Crippen LogP contribution in [-0.2, 0) is 16.1 Å². The summed E-state index contributed by atoms with van der Waals surface area (Å²) in [5.41, 5.74) is 0.818. The lowest BCUT2D eigenvalue weighted by Crippen LogP contribution is -2.47. The highest BCUT2D eigenvalue weighted by Crippen LogP contribution is 2.25. The van der Waals surface area contributed by atoms with Gasteiger partial charge in [-0.05, 0) is 55.3 Å². The topological polar surface area (TPSA) is 49.4 Å². The molecule has 1 unspecified atom stereocenters. The van der Waals surface area contributed by atoms with E-state index in [1.54, 1.807) is 35.7 Å². The Balaban J connectivity index is 2.07. The predicted molar refractivity (Wildman–Crippen MR) is 127 cm³/mol. The largest absolute Gasteiger partial charge is 0.354 e. The number of benzene rings is 2. The second-order valence-corrected chi connectivity index (χ2v) is 9.21. The molecule has 0 aliphatic rings. The second-order valence-electron chi connectivity index (χ2n) is 6.79. The van der Waals surface area contributed by atoms with Crippen LogP contribution in [0.3, 0.4) is 0 Å². The van der Waals surface area contributed by atoms with E-state index in [4.69, 9.17) is 34.8 Å². The summed E-state index contributed by atoms with van der Waals surface area (Å²) in [6.45, 7) is 4.58. The van der Waals surface area contributed by atoms with E-state index in [0.29, 0.717) is 33.8 Å². The summed E-state index contributed by atoms with van der Waals surface area (Å²) < 4.78 is 0. The van der Waals surface area contributed by atoms with Crippen molar-refractivity contribution in [3.63, 3.8) is 0 Å². The van der Waals surface area contributed by atoms with E-state index < -0.39 is 6.04 Å². The molecular formula is C22H25Cl3N2O2S. The third kappa shape index (κ3) is 7.69. The Labute approximate surface area is 197 Å². The standard InChI is InChI=1S/C22H25Cl3N2O2S/c1-3-11-26-22(29)15(2)27(14-16-4-9-19(24)20(25)13-16)21(28)10-12-30-18-7-5-17(23)6-8-18/h4-9,13,15H,3,10-12,14H2,1-2H3,(H,26,29). The molecule has 1 atom stereocenters. The fraction of sp³-hybridized carbons (Fsp3) is 0.364. The average Bonchev–Trinajstić information content (AvgIpc) is 2.73. The minimum Gasteiger partial charge on any atom is -0.354 e. The number of hydrogen-bond donors (Lipinski definition) is 1. The van der Waals surface area contributed by atoms with Gasteiger partial charge in [0.25, 0.3) is 0 Å². The van der Waals surface area contributed by atoms with Gasteiger partial charge in [-0.2, -0.15) is 0 Å². The highest BCUT2D eigenvalue weighted by atomic mass is 35.5. The molecule has 0 aromatic heterocycles. The molecule has 1 N–H and O–H groups in total. The number of nitrogens with zero attached hydrogens (tertiary/aromatic N) is 1. The summed E-state index contributed by atoms with van der Waals surface area (Å²) in [7, 11) is 0. The fourth-order valence-electron chi connectivity index (χ4n) is 2.74. The van der Waals surface area contributed by atoms with Crippen LogP contribution in [0.2, 0.25) is 15.1 Å². The number of rotatable bonds is 10. The molecule has 2 amide bonds. The lowest BCUT2D eigenvalue weighted by molar-refractivity contribution is -0.140. The lowest BCUT2D eigenvalue weighted by atomic mass is 10.1. The zero-order chi connectivity index (χ0) is 22.1. The predicted octanol–water partition coefficient (Wildman–Crippen LogP) is 6.07. The molecule has 2 aromatic rings. The van der Waals surface area contributed by atoms with Gasteiger partial charge >= 0.3 is 0 Å². The molecule has 0 spiro atoms. The molecule has 0 bridgehead atoms. The molecule has 0 aliphatic heterocycles. The molecular weight excluding hydrogens is 463 g/mol. The smallest absolute Gasteiger partial charge is 0.242 e. The van der Waals surface area contributed by atoms with Crippen molar-refractivity contribution in [1.82, 2.24) is 10.2 Å². The maximum atomic E-state index is 13.0. The van der Waals surface area contributed by atoms with Gasteiger partial charge in [0.1, 0.15) is 6.04 Å². The Morgan fingerprint density at radius 3 is 2.40 bits per heavy atom. The summed E-state index contributed by atoms with van der Waals surface area (Å²) >= 11 is 19.6. The van der Waals surface area contributed by atoms with Crippen molar-refractivity contribution in [3.05, 3.63) is 63.1 Å². The van der Waals surface area contributed by atoms with E-state index in [-0.39, 0.29) is 18.4 Å². The zero-order valence-electron chi connectivity index (χ0n) is 17.0. The number of nitrogens with one attached hydrogen (secondary N) is 1. The number of amides is 2. The number of halogens is 3. The van der Waals surface area contributed by atoms with Gasteiger partial charge in [-0.25, -0.2) is 0 Å². The first-order valence-corrected chi connectivity index (χ1v) is 11.8. The van der Waals surface area contributed by atoms with Crippen LogP contribution in [0.5, 0.6) is 0 Å². The van der Waals surface area contributed by atoms with E-state index in [1.165, 1.54) is 0 Å². The maximum absolute atomic E-state index is 13.0. The van der Waals surface area contributed by atoms with Gasteiger partial charge in [0, 0.05) is 35.2 Å². The molecule has 0 aliphatic carbocycles. The van der Waals surface area contributed by atoms with Crippen molar-refractivity contribution in [1.29, 1.82) is 0 Å². The fourth-order valence-corrected chi connectivity index (χ4v) is 4.03. The van der Waals surface area contributed by atoms with Crippen LogP contribution in [0, 0.1) is 0 Å². The number of carbonyl (C=O) groups is 2. The van der Waals surface area contributed by atoms with Crippen LogP contribution in [0.15, 0.2) is 47.4 Å². The van der Waals surface area contributed by atoms with Gasteiger partial charge in [0.05, 0.1) is 10.0 Å². The number of carbonyl (C=O) groups excluding carboxylic acids is 2. The number of thioether (sulfide) groups is 1. The molecule has 30 heavy (non-hydrogen) atoms. The SMILES string of the molecule is CCCNC(=O)C(C)N(Cc1ccc(Cl)c(Cl)c1)C(=O)CCSc1ccc(Cl)cc1. The summed E-state index contributed by atoms with van der Waals surface area (Å²) in [4.78, 5) is 28.2. The van der Waals surface area contributed by atoms with Crippen molar-refractivity contribution in [3.8, 4) is 0 Å².